The van der Waals surface area contributed by atoms with E-state index in [0.717, 1.165) is 23.0 Å². The summed E-state index contributed by atoms with van der Waals surface area (Å²) < 4.78 is 14.5. The van der Waals surface area contributed by atoms with Crippen LogP contribution in [0.5, 0.6) is 0 Å². The van der Waals surface area contributed by atoms with Gasteiger partial charge >= 0.3 is 0 Å². The smallest absolute Gasteiger partial charge is 0.128 e. The van der Waals surface area contributed by atoms with Crippen LogP contribution in [0, 0.1) is 5.82 Å². The number of hydrogen-bond acceptors (Lipinski definition) is 2. The minimum atomic E-state index is -0.141. The first-order valence-electron chi connectivity index (χ1n) is 5.82. The Morgan fingerprint density at radius 1 is 1.41 bits per heavy atom. The molecule has 1 aromatic carbocycles. The molecule has 0 radical (unpaired) electrons. The minimum Gasteiger partial charge on any atom is -0.310 e. The molecule has 0 aliphatic heterocycles. The normalized spacial score (nSPS) is 12.7. The van der Waals surface area contributed by atoms with Crippen molar-refractivity contribution in [3.8, 4) is 0 Å². The molecule has 1 rings (SSSR count). The van der Waals surface area contributed by atoms with E-state index in [2.05, 4.69) is 27.5 Å². The van der Waals surface area contributed by atoms with Crippen LogP contribution in [0.25, 0.3) is 0 Å². The predicted octanol–water partition coefficient (Wildman–Crippen LogP) is 4.38. The molecule has 4 heteroatoms. The van der Waals surface area contributed by atoms with Crippen LogP contribution in [-0.4, -0.2) is 18.6 Å². The summed E-state index contributed by atoms with van der Waals surface area (Å²) in [4.78, 5) is 0. The average Bonchev–Trinajstić information content (AvgIpc) is 2.32. The van der Waals surface area contributed by atoms with Crippen LogP contribution >= 0.6 is 27.7 Å². The van der Waals surface area contributed by atoms with Crippen molar-refractivity contribution in [3.05, 3.63) is 34.1 Å². The van der Waals surface area contributed by atoms with Gasteiger partial charge in [0.1, 0.15) is 5.82 Å². The molecule has 0 heterocycles. The van der Waals surface area contributed by atoms with Gasteiger partial charge in [-0.25, -0.2) is 4.39 Å². The lowest BCUT2D eigenvalue weighted by atomic mass is 10.1. The second kappa shape index (κ2) is 8.11. The van der Waals surface area contributed by atoms with Crippen molar-refractivity contribution in [3.63, 3.8) is 0 Å². The Morgan fingerprint density at radius 3 is 2.88 bits per heavy atom. The third-order valence-corrected chi connectivity index (χ3v) is 3.84. The number of hydrogen-bond donors (Lipinski definition) is 1. The molecule has 0 amide bonds. The molecule has 0 aromatic heterocycles. The van der Waals surface area contributed by atoms with Gasteiger partial charge in [0.2, 0.25) is 0 Å². The fraction of sp³-hybridized carbons (Fsp3) is 0.538. The van der Waals surface area contributed by atoms with Crippen LogP contribution in [0.15, 0.2) is 22.7 Å². The predicted molar refractivity (Wildman–Crippen MR) is 78.1 cm³/mol. The van der Waals surface area contributed by atoms with Gasteiger partial charge in [0.15, 0.2) is 0 Å². The highest BCUT2D eigenvalue weighted by atomic mass is 79.9. The van der Waals surface area contributed by atoms with E-state index < -0.39 is 0 Å². The zero-order chi connectivity index (χ0) is 12.7. The van der Waals surface area contributed by atoms with Gasteiger partial charge in [0.05, 0.1) is 0 Å². The van der Waals surface area contributed by atoms with Crippen LogP contribution in [-0.2, 0) is 0 Å². The van der Waals surface area contributed by atoms with E-state index in [9.17, 15) is 4.39 Å². The largest absolute Gasteiger partial charge is 0.310 e. The second-order valence-corrected chi connectivity index (χ2v) is 5.94. The van der Waals surface area contributed by atoms with Crippen molar-refractivity contribution in [2.75, 3.05) is 18.6 Å². The molecule has 0 bridgehead atoms. The van der Waals surface area contributed by atoms with Crippen molar-refractivity contribution < 1.29 is 4.39 Å². The first kappa shape index (κ1) is 15.0. The van der Waals surface area contributed by atoms with Gasteiger partial charge in [-0.2, -0.15) is 11.8 Å². The Balaban J connectivity index is 2.41. The Morgan fingerprint density at radius 2 is 2.18 bits per heavy atom. The maximum Gasteiger partial charge on any atom is 0.128 e. The maximum atomic E-state index is 13.6. The Hall–Kier alpha value is -0.0600. The molecular formula is C13H19BrFNS. The van der Waals surface area contributed by atoms with Crippen molar-refractivity contribution >= 4 is 27.7 Å². The van der Waals surface area contributed by atoms with E-state index in [4.69, 9.17) is 0 Å². The molecule has 17 heavy (non-hydrogen) atoms. The molecule has 0 spiro atoms. The van der Waals surface area contributed by atoms with Crippen molar-refractivity contribution in [1.82, 2.24) is 5.32 Å². The third-order valence-electron chi connectivity index (χ3n) is 2.65. The van der Waals surface area contributed by atoms with Gasteiger partial charge in [-0.1, -0.05) is 15.9 Å². The highest BCUT2D eigenvalue weighted by Gasteiger charge is 2.10. The zero-order valence-corrected chi connectivity index (χ0v) is 12.7. The summed E-state index contributed by atoms with van der Waals surface area (Å²) in [6.07, 6.45) is 4.47. The second-order valence-electron chi connectivity index (χ2n) is 4.04. The van der Waals surface area contributed by atoms with E-state index >= 15 is 0 Å². The van der Waals surface area contributed by atoms with E-state index in [1.54, 1.807) is 6.07 Å². The standard InChI is InChI=1S/C13H19BrFNS/c1-10(16-7-3-4-8-17-2)12-9-11(14)5-6-13(12)15/h5-6,9-10,16H,3-4,7-8H2,1-2H3. The number of unbranched alkanes of at least 4 members (excludes halogenated alkanes) is 1. The van der Waals surface area contributed by atoms with Gasteiger partial charge in [-0.05, 0) is 56.5 Å². The fourth-order valence-electron chi connectivity index (χ4n) is 1.65. The number of thioether (sulfide) groups is 1. The van der Waals surface area contributed by atoms with Crippen LogP contribution in [0.3, 0.4) is 0 Å². The van der Waals surface area contributed by atoms with Crippen LogP contribution < -0.4 is 5.32 Å². The fourth-order valence-corrected chi connectivity index (χ4v) is 2.52. The molecule has 1 atom stereocenters. The summed E-state index contributed by atoms with van der Waals surface area (Å²) in [5.41, 5.74) is 0.726. The lowest BCUT2D eigenvalue weighted by Gasteiger charge is -2.15. The van der Waals surface area contributed by atoms with Gasteiger partial charge < -0.3 is 5.32 Å². The Labute approximate surface area is 116 Å². The summed E-state index contributed by atoms with van der Waals surface area (Å²) in [6.45, 7) is 2.94. The van der Waals surface area contributed by atoms with Gasteiger partial charge in [0, 0.05) is 16.1 Å². The quantitative estimate of drug-likeness (QED) is 0.748. The Kier molecular flexibility index (Phi) is 7.16. The number of rotatable bonds is 7. The first-order chi connectivity index (χ1) is 8.15. The van der Waals surface area contributed by atoms with Gasteiger partial charge in [0.25, 0.3) is 0 Å². The number of halogens is 2. The molecule has 1 N–H and O–H groups in total. The molecule has 1 nitrogen and oxygen atoms in total. The Bertz CT molecular complexity index is 346. The highest BCUT2D eigenvalue weighted by molar-refractivity contribution is 9.10. The number of benzene rings is 1. The molecule has 1 aromatic rings. The molecular weight excluding hydrogens is 301 g/mol. The van der Waals surface area contributed by atoms with E-state index in [1.165, 1.54) is 18.2 Å². The van der Waals surface area contributed by atoms with Crippen LogP contribution in [0.4, 0.5) is 4.39 Å². The van der Waals surface area contributed by atoms with Crippen molar-refractivity contribution in [2.45, 2.75) is 25.8 Å². The minimum absolute atomic E-state index is 0.0572. The van der Waals surface area contributed by atoms with Crippen molar-refractivity contribution in [2.24, 2.45) is 0 Å². The zero-order valence-electron chi connectivity index (χ0n) is 10.3. The van der Waals surface area contributed by atoms with E-state index in [1.807, 2.05) is 24.8 Å². The molecule has 96 valence electrons. The summed E-state index contributed by atoms with van der Waals surface area (Å²) in [6, 6.07) is 5.13. The van der Waals surface area contributed by atoms with Crippen LogP contribution in [0.2, 0.25) is 0 Å². The maximum absolute atomic E-state index is 13.6. The third kappa shape index (κ3) is 5.40. The lowest BCUT2D eigenvalue weighted by Crippen LogP contribution is -2.20. The topological polar surface area (TPSA) is 12.0 Å². The van der Waals surface area contributed by atoms with Crippen molar-refractivity contribution in [1.29, 1.82) is 0 Å². The first-order valence-corrected chi connectivity index (χ1v) is 8.01. The molecule has 0 aliphatic carbocycles. The summed E-state index contributed by atoms with van der Waals surface area (Å²) in [7, 11) is 0. The molecule has 0 aliphatic rings. The summed E-state index contributed by atoms with van der Waals surface area (Å²) >= 11 is 5.24. The summed E-state index contributed by atoms with van der Waals surface area (Å²) in [5.74, 6) is 1.05. The molecule has 0 fully saturated rings. The van der Waals surface area contributed by atoms with Gasteiger partial charge in [-0.15, -0.1) is 0 Å². The SMILES string of the molecule is CSCCCCNC(C)c1cc(Br)ccc1F. The number of nitrogens with one attached hydrogen (secondary N) is 1. The van der Waals surface area contributed by atoms with E-state index in [0.29, 0.717) is 0 Å². The molecule has 0 saturated heterocycles. The lowest BCUT2D eigenvalue weighted by molar-refractivity contribution is 0.519. The van der Waals surface area contributed by atoms with Gasteiger partial charge in [-0.3, -0.25) is 0 Å². The molecule has 1 unspecified atom stereocenters. The van der Waals surface area contributed by atoms with E-state index in [-0.39, 0.29) is 11.9 Å². The highest BCUT2D eigenvalue weighted by Crippen LogP contribution is 2.21. The molecule has 0 saturated carbocycles. The summed E-state index contributed by atoms with van der Waals surface area (Å²) in [5, 5.41) is 3.36. The monoisotopic (exact) mass is 319 g/mol. The average molecular weight is 320 g/mol. The van der Waals surface area contributed by atoms with Crippen LogP contribution in [0.1, 0.15) is 31.4 Å².